The number of quaternary nitrogens is 1. The molecule has 0 bridgehead atoms. The number of ether oxygens (including phenoxy) is 2. The van der Waals surface area contributed by atoms with Crippen molar-refractivity contribution >= 4 is 11.9 Å². The maximum Gasteiger partial charge on any atom is 0.341 e. The van der Waals surface area contributed by atoms with Crippen LogP contribution >= 0.6 is 0 Å². The summed E-state index contributed by atoms with van der Waals surface area (Å²) in [5.41, 5.74) is -3.32. The quantitative estimate of drug-likeness (QED) is 0.398. The highest BCUT2D eigenvalue weighted by Gasteiger charge is 2.59. The topological polar surface area (TPSA) is 93.1 Å². The van der Waals surface area contributed by atoms with E-state index in [0.29, 0.717) is 6.04 Å². The number of rotatable bonds is 1. The lowest BCUT2D eigenvalue weighted by atomic mass is 9.76. The van der Waals surface area contributed by atoms with Gasteiger partial charge in [0.1, 0.15) is 12.2 Å². The molecule has 26 heavy (non-hydrogen) atoms. The van der Waals surface area contributed by atoms with Crippen LogP contribution in [-0.2, 0) is 19.1 Å². The van der Waals surface area contributed by atoms with Gasteiger partial charge in [-0.25, -0.2) is 4.79 Å². The number of aliphatic hydroxyl groups is 2. The van der Waals surface area contributed by atoms with Gasteiger partial charge in [0, 0.05) is 12.0 Å². The van der Waals surface area contributed by atoms with Gasteiger partial charge < -0.3 is 24.2 Å². The molecule has 0 aromatic carbocycles. The van der Waals surface area contributed by atoms with Gasteiger partial charge in [-0.05, 0) is 40.7 Å². The van der Waals surface area contributed by atoms with Gasteiger partial charge >= 0.3 is 11.9 Å². The van der Waals surface area contributed by atoms with Crippen LogP contribution in [0, 0.1) is 5.92 Å². The summed E-state index contributed by atoms with van der Waals surface area (Å²) >= 11 is 0. The van der Waals surface area contributed by atoms with Crippen LogP contribution in [-0.4, -0.2) is 75.7 Å². The Bertz CT molecular complexity index is 652. The van der Waals surface area contributed by atoms with Gasteiger partial charge in [0.05, 0.1) is 25.0 Å². The number of esters is 2. The first-order valence-electron chi connectivity index (χ1n) is 9.33. The third kappa shape index (κ3) is 2.52. The van der Waals surface area contributed by atoms with E-state index in [-0.39, 0.29) is 18.8 Å². The Morgan fingerprint density at radius 3 is 2.54 bits per heavy atom. The van der Waals surface area contributed by atoms with Crippen LogP contribution < -0.4 is 0 Å². The minimum atomic E-state index is -2.23. The molecule has 0 saturated carbocycles. The first kappa shape index (κ1) is 19.3. The first-order valence-corrected chi connectivity index (χ1v) is 9.33. The molecule has 146 valence electrons. The van der Waals surface area contributed by atoms with Gasteiger partial charge in [-0.3, -0.25) is 4.79 Å². The average Bonchev–Trinajstić information content (AvgIpc) is 3.10. The van der Waals surface area contributed by atoms with Crippen LogP contribution in [0.3, 0.4) is 0 Å². The number of cyclic esters (lactones) is 1. The molecular weight excluding hydrogens is 338 g/mol. The van der Waals surface area contributed by atoms with Crippen LogP contribution in [0.4, 0.5) is 0 Å². The Morgan fingerprint density at radius 2 is 1.92 bits per heavy atom. The number of hydrogen-bond acceptors (Lipinski definition) is 6. The fraction of sp³-hybridized carbons (Fsp3) is 0.789. The van der Waals surface area contributed by atoms with Crippen molar-refractivity contribution in [3.05, 3.63) is 11.6 Å². The van der Waals surface area contributed by atoms with E-state index in [1.165, 1.54) is 20.8 Å². The molecular formula is C19H30NO6+. The lowest BCUT2D eigenvalue weighted by Gasteiger charge is -2.40. The molecule has 7 heteroatoms. The fourth-order valence-corrected chi connectivity index (χ4v) is 4.63. The molecule has 0 radical (unpaired) electrons. The zero-order valence-corrected chi connectivity index (χ0v) is 16.2. The predicted octanol–water partition coefficient (Wildman–Crippen LogP) is 0.531. The van der Waals surface area contributed by atoms with Crippen molar-refractivity contribution in [1.29, 1.82) is 0 Å². The molecule has 1 unspecified atom stereocenters. The highest BCUT2D eigenvalue weighted by atomic mass is 16.6. The average molecular weight is 368 g/mol. The van der Waals surface area contributed by atoms with Gasteiger partial charge in [0.2, 0.25) is 0 Å². The Balaban J connectivity index is 2.01. The molecule has 0 aromatic heterocycles. The molecule has 3 rings (SSSR count). The standard InChI is InChI=1S/C19H30NO6/c1-11(2)20-8-6-13-10-25-17(22)19(5,24)18(4,23)12(3)16(21)26-14(7-9-20)15(13)20/h6,11-12,14-15,23-24H,7-10H2,1-5H3/q+1/t12-,14-,15-,18+,19-,20?/m1/s1. The molecule has 7 nitrogen and oxygen atoms in total. The predicted molar refractivity (Wildman–Crippen MR) is 92.9 cm³/mol. The molecule has 2 saturated heterocycles. The van der Waals surface area contributed by atoms with Crippen molar-refractivity contribution in [1.82, 2.24) is 0 Å². The molecule has 2 N–H and O–H groups in total. The lowest BCUT2D eigenvalue weighted by Crippen LogP contribution is -2.61. The zero-order chi connectivity index (χ0) is 19.5. The van der Waals surface area contributed by atoms with Crippen LogP contribution in [0.15, 0.2) is 11.6 Å². The highest BCUT2D eigenvalue weighted by molar-refractivity contribution is 5.83. The number of carbonyl (C=O) groups excluding carboxylic acids is 2. The van der Waals surface area contributed by atoms with E-state index in [1.807, 2.05) is 0 Å². The van der Waals surface area contributed by atoms with E-state index in [0.717, 1.165) is 29.6 Å². The summed E-state index contributed by atoms with van der Waals surface area (Å²) in [5, 5.41) is 21.4. The number of nitrogens with zero attached hydrogens (tertiary/aromatic N) is 1. The molecule has 3 aliphatic rings. The van der Waals surface area contributed by atoms with Gasteiger partial charge in [-0.1, -0.05) is 0 Å². The summed E-state index contributed by atoms with van der Waals surface area (Å²) in [5.74, 6) is -2.63. The third-order valence-electron chi connectivity index (χ3n) is 7.06. The van der Waals surface area contributed by atoms with Crippen LogP contribution in [0.2, 0.25) is 0 Å². The van der Waals surface area contributed by atoms with Crippen molar-refractivity contribution in [3.63, 3.8) is 0 Å². The Kier molecular flexibility index (Phi) is 4.49. The van der Waals surface area contributed by atoms with Crippen molar-refractivity contribution in [2.24, 2.45) is 5.92 Å². The summed E-state index contributed by atoms with van der Waals surface area (Å²) in [6.07, 6.45) is 2.47. The zero-order valence-electron chi connectivity index (χ0n) is 16.2. The Labute approximate surface area is 154 Å². The maximum absolute atomic E-state index is 12.7. The molecule has 0 aromatic rings. The van der Waals surface area contributed by atoms with Crippen molar-refractivity contribution in [3.8, 4) is 0 Å². The van der Waals surface area contributed by atoms with E-state index >= 15 is 0 Å². The summed E-state index contributed by atoms with van der Waals surface area (Å²) in [7, 11) is 0. The fourth-order valence-electron chi connectivity index (χ4n) is 4.63. The van der Waals surface area contributed by atoms with Crippen molar-refractivity contribution < 1.29 is 33.8 Å². The second kappa shape index (κ2) is 6.04. The second-order valence-electron chi connectivity index (χ2n) is 8.61. The molecule has 3 aliphatic heterocycles. The molecule has 6 atom stereocenters. The third-order valence-corrected chi connectivity index (χ3v) is 7.06. The summed E-state index contributed by atoms with van der Waals surface area (Å²) < 4.78 is 12.0. The smallest absolute Gasteiger partial charge is 0.341 e. The van der Waals surface area contributed by atoms with Crippen LogP contribution in [0.1, 0.15) is 41.0 Å². The van der Waals surface area contributed by atoms with E-state index in [9.17, 15) is 19.8 Å². The van der Waals surface area contributed by atoms with E-state index in [4.69, 9.17) is 9.47 Å². The van der Waals surface area contributed by atoms with E-state index < -0.39 is 29.1 Å². The minimum Gasteiger partial charge on any atom is -0.459 e. The number of hydrogen-bond donors (Lipinski definition) is 2. The largest absolute Gasteiger partial charge is 0.459 e. The minimum absolute atomic E-state index is 0.0326. The first-order chi connectivity index (χ1) is 11.9. The molecule has 0 spiro atoms. The van der Waals surface area contributed by atoms with Crippen LogP contribution in [0.5, 0.6) is 0 Å². The Hall–Kier alpha value is -1.44. The van der Waals surface area contributed by atoms with E-state index in [1.54, 1.807) is 0 Å². The van der Waals surface area contributed by atoms with Crippen molar-refractivity contribution in [2.45, 2.75) is 70.4 Å². The molecule has 2 fully saturated rings. The van der Waals surface area contributed by atoms with Gasteiger partial charge in [-0.2, -0.15) is 0 Å². The Morgan fingerprint density at radius 1 is 1.27 bits per heavy atom. The molecule has 0 amide bonds. The second-order valence-corrected chi connectivity index (χ2v) is 8.61. The molecule has 3 heterocycles. The van der Waals surface area contributed by atoms with Gasteiger partial charge in [0.25, 0.3) is 0 Å². The normalized spacial score (nSPS) is 46.3. The maximum atomic E-state index is 12.7. The lowest BCUT2D eigenvalue weighted by molar-refractivity contribution is -0.945. The van der Waals surface area contributed by atoms with Crippen molar-refractivity contribution in [2.75, 3.05) is 19.7 Å². The summed E-state index contributed by atoms with van der Waals surface area (Å²) in [4.78, 5) is 25.2. The summed E-state index contributed by atoms with van der Waals surface area (Å²) in [6, 6.07) is 0.286. The SMILES string of the molecule is CC(C)[N+]12CC=C3COC(=O)[C@@](C)(O)[C@@](C)(O)[C@H](C)C(=O)O[C@H](CC1)[C@@H]32. The van der Waals surface area contributed by atoms with Crippen LogP contribution in [0.25, 0.3) is 0 Å². The van der Waals surface area contributed by atoms with Gasteiger partial charge in [-0.15, -0.1) is 0 Å². The van der Waals surface area contributed by atoms with Gasteiger partial charge in [0.15, 0.2) is 17.7 Å². The van der Waals surface area contributed by atoms with E-state index in [2.05, 4.69) is 19.9 Å². The molecule has 0 aliphatic carbocycles. The summed E-state index contributed by atoms with van der Waals surface area (Å²) in [6.45, 7) is 9.94. The monoisotopic (exact) mass is 368 g/mol. The number of carbonyl (C=O) groups is 2. The highest BCUT2D eigenvalue weighted by Crippen LogP contribution is 2.42.